The molecule has 0 spiro atoms. The summed E-state index contributed by atoms with van der Waals surface area (Å²) in [5.74, 6) is 2.99. The summed E-state index contributed by atoms with van der Waals surface area (Å²) in [5, 5.41) is 10.6. The molecule has 1 N–H and O–H groups in total. The maximum absolute atomic E-state index is 12.9. The van der Waals surface area contributed by atoms with E-state index >= 15 is 0 Å². The number of fused-ring (bicyclic) bond motifs is 7. The molecular formula is C33H56O3. The van der Waals surface area contributed by atoms with Crippen molar-refractivity contribution in [3.05, 3.63) is 0 Å². The van der Waals surface area contributed by atoms with Crippen molar-refractivity contribution in [2.75, 3.05) is 0 Å². The average Bonchev–Trinajstić information content (AvgIpc) is 2.78. The SMILES string of the molecule is CC(C)OC1CCC2(C)C(CCC3(C)C2CCC2C4C(C)C(C)CCC4(C(=O)O)CCC23C)C1(C)C. The molecule has 11 atom stereocenters. The molecule has 0 aromatic carbocycles. The van der Waals surface area contributed by atoms with Crippen molar-refractivity contribution in [3.8, 4) is 0 Å². The Balaban J connectivity index is 1.51. The molecule has 0 aromatic heterocycles. The molecule has 5 aliphatic rings. The first-order valence-electron chi connectivity index (χ1n) is 15.5. The van der Waals surface area contributed by atoms with Gasteiger partial charge in [-0.2, -0.15) is 0 Å². The lowest BCUT2D eigenvalue weighted by atomic mass is 9.31. The fraction of sp³-hybridized carbons (Fsp3) is 0.970. The third kappa shape index (κ3) is 3.35. The van der Waals surface area contributed by atoms with Crippen molar-refractivity contribution in [3.63, 3.8) is 0 Å². The standard InChI is InChI=1S/C33H56O3/c1-20(2)36-26-14-15-30(7)24(29(26,5)6)13-16-32(9)25(30)11-10-23-27-22(4)21(3)12-17-33(27,28(34)35)19-18-31(23,32)8/h20-27H,10-19H2,1-9H3,(H,34,35). The first-order chi connectivity index (χ1) is 16.6. The van der Waals surface area contributed by atoms with E-state index in [9.17, 15) is 9.90 Å². The number of aliphatic carboxylic acids is 1. The lowest BCUT2D eigenvalue weighted by molar-refractivity contribution is -0.262. The summed E-state index contributed by atoms with van der Waals surface area (Å²) >= 11 is 0. The van der Waals surface area contributed by atoms with Crippen molar-refractivity contribution in [1.82, 2.24) is 0 Å². The first kappa shape index (κ1) is 27.0. The molecule has 0 bridgehead atoms. The molecule has 0 saturated heterocycles. The van der Waals surface area contributed by atoms with Crippen LogP contribution in [0.1, 0.15) is 127 Å². The van der Waals surface area contributed by atoms with E-state index in [1.54, 1.807) is 0 Å². The Bertz CT molecular complexity index is 878. The Labute approximate surface area is 221 Å². The van der Waals surface area contributed by atoms with Crippen LogP contribution in [-0.2, 0) is 9.53 Å². The molecule has 206 valence electrons. The number of carboxylic acids is 1. The van der Waals surface area contributed by atoms with Crippen LogP contribution in [0, 0.1) is 62.6 Å². The van der Waals surface area contributed by atoms with Gasteiger partial charge in [0, 0.05) is 0 Å². The maximum Gasteiger partial charge on any atom is 0.309 e. The maximum atomic E-state index is 12.9. The van der Waals surface area contributed by atoms with E-state index in [1.807, 2.05) is 0 Å². The number of rotatable bonds is 3. The Morgan fingerprint density at radius 3 is 2.14 bits per heavy atom. The van der Waals surface area contributed by atoms with Crippen LogP contribution in [0.3, 0.4) is 0 Å². The second kappa shape index (κ2) is 8.46. The molecule has 3 nitrogen and oxygen atoms in total. The van der Waals surface area contributed by atoms with E-state index < -0.39 is 11.4 Å². The van der Waals surface area contributed by atoms with Gasteiger partial charge in [0.25, 0.3) is 0 Å². The molecule has 5 rings (SSSR count). The normalized spacial score (nSPS) is 54.1. The molecule has 3 heteroatoms. The molecule has 5 fully saturated rings. The van der Waals surface area contributed by atoms with Gasteiger partial charge in [0.2, 0.25) is 0 Å². The largest absolute Gasteiger partial charge is 0.481 e. The smallest absolute Gasteiger partial charge is 0.309 e. The zero-order valence-electron chi connectivity index (χ0n) is 25.0. The van der Waals surface area contributed by atoms with Crippen molar-refractivity contribution in [1.29, 1.82) is 0 Å². The Morgan fingerprint density at radius 1 is 0.806 bits per heavy atom. The van der Waals surface area contributed by atoms with Gasteiger partial charge in [-0.15, -0.1) is 0 Å². The van der Waals surface area contributed by atoms with Crippen LogP contribution in [-0.4, -0.2) is 23.3 Å². The number of carbonyl (C=O) groups is 1. The van der Waals surface area contributed by atoms with E-state index in [1.165, 1.54) is 38.5 Å². The summed E-state index contributed by atoms with van der Waals surface area (Å²) < 4.78 is 6.53. The third-order valence-corrected chi connectivity index (χ3v) is 14.4. The minimum Gasteiger partial charge on any atom is -0.481 e. The summed E-state index contributed by atoms with van der Waals surface area (Å²) in [7, 11) is 0. The van der Waals surface area contributed by atoms with Crippen LogP contribution in [0.5, 0.6) is 0 Å². The number of hydrogen-bond donors (Lipinski definition) is 1. The zero-order valence-corrected chi connectivity index (χ0v) is 25.0. The Kier molecular flexibility index (Phi) is 6.35. The van der Waals surface area contributed by atoms with E-state index in [0.717, 1.165) is 31.6 Å². The molecule has 0 amide bonds. The predicted octanol–water partition coefficient (Wildman–Crippen LogP) is 8.60. The molecule has 0 radical (unpaired) electrons. The average molecular weight is 501 g/mol. The number of carboxylic acid groups (broad SMARTS) is 1. The van der Waals surface area contributed by atoms with Crippen LogP contribution in [0.15, 0.2) is 0 Å². The zero-order chi connectivity index (χ0) is 26.5. The summed E-state index contributed by atoms with van der Waals surface area (Å²) in [6.45, 7) is 22.1. The number of hydrogen-bond acceptors (Lipinski definition) is 2. The van der Waals surface area contributed by atoms with Crippen LogP contribution in [0.25, 0.3) is 0 Å². The summed E-state index contributed by atoms with van der Waals surface area (Å²) in [4.78, 5) is 12.9. The summed E-state index contributed by atoms with van der Waals surface area (Å²) in [5.41, 5.74) is 0.625. The fourth-order valence-electron chi connectivity index (χ4n) is 12.2. The quantitative estimate of drug-likeness (QED) is 0.422. The lowest BCUT2D eigenvalue weighted by Gasteiger charge is -2.73. The number of ether oxygens (including phenoxy) is 1. The van der Waals surface area contributed by atoms with Crippen LogP contribution in [0.4, 0.5) is 0 Å². The van der Waals surface area contributed by atoms with Crippen LogP contribution >= 0.6 is 0 Å². The third-order valence-electron chi connectivity index (χ3n) is 14.4. The molecular weight excluding hydrogens is 444 g/mol. The molecule has 0 aliphatic heterocycles. The highest BCUT2D eigenvalue weighted by Gasteiger charge is 2.71. The van der Waals surface area contributed by atoms with E-state index in [2.05, 4.69) is 62.3 Å². The molecule has 0 heterocycles. The lowest BCUT2D eigenvalue weighted by Crippen LogP contribution is -2.68. The van der Waals surface area contributed by atoms with Gasteiger partial charge in [0.1, 0.15) is 0 Å². The van der Waals surface area contributed by atoms with Gasteiger partial charge < -0.3 is 9.84 Å². The van der Waals surface area contributed by atoms with Crippen molar-refractivity contribution >= 4 is 5.97 Å². The molecule has 5 aliphatic carbocycles. The molecule has 36 heavy (non-hydrogen) atoms. The van der Waals surface area contributed by atoms with Crippen molar-refractivity contribution < 1.29 is 14.6 Å². The van der Waals surface area contributed by atoms with Gasteiger partial charge in [0.15, 0.2) is 0 Å². The van der Waals surface area contributed by atoms with E-state index in [0.29, 0.717) is 52.6 Å². The minimum absolute atomic E-state index is 0.203. The predicted molar refractivity (Wildman–Crippen MR) is 147 cm³/mol. The summed E-state index contributed by atoms with van der Waals surface area (Å²) in [6.07, 6.45) is 12.3. The van der Waals surface area contributed by atoms with Gasteiger partial charge in [-0.1, -0.05) is 48.5 Å². The second-order valence-corrected chi connectivity index (χ2v) is 16.1. The molecule has 11 unspecified atom stereocenters. The summed E-state index contributed by atoms with van der Waals surface area (Å²) in [6, 6.07) is 0. The van der Waals surface area contributed by atoms with Crippen LogP contribution < -0.4 is 0 Å². The highest BCUT2D eigenvalue weighted by Crippen LogP contribution is 2.77. The van der Waals surface area contributed by atoms with Crippen molar-refractivity contribution in [2.24, 2.45) is 62.6 Å². The van der Waals surface area contributed by atoms with Gasteiger partial charge in [-0.25, -0.2) is 0 Å². The van der Waals surface area contributed by atoms with Crippen molar-refractivity contribution in [2.45, 2.75) is 139 Å². The van der Waals surface area contributed by atoms with Crippen LogP contribution in [0.2, 0.25) is 0 Å². The monoisotopic (exact) mass is 500 g/mol. The van der Waals surface area contributed by atoms with Gasteiger partial charge in [-0.3, -0.25) is 4.79 Å². The van der Waals surface area contributed by atoms with Gasteiger partial charge >= 0.3 is 5.97 Å². The van der Waals surface area contributed by atoms with E-state index in [-0.39, 0.29) is 10.8 Å². The second-order valence-electron chi connectivity index (χ2n) is 16.1. The fourth-order valence-corrected chi connectivity index (χ4v) is 12.2. The highest BCUT2D eigenvalue weighted by molar-refractivity contribution is 5.75. The molecule has 5 saturated carbocycles. The van der Waals surface area contributed by atoms with Gasteiger partial charge in [-0.05, 0) is 135 Å². The molecule has 0 aromatic rings. The minimum atomic E-state index is -0.485. The van der Waals surface area contributed by atoms with Gasteiger partial charge in [0.05, 0.1) is 17.6 Å². The Morgan fingerprint density at radius 2 is 1.50 bits per heavy atom. The Hall–Kier alpha value is -0.570. The topological polar surface area (TPSA) is 46.5 Å². The van der Waals surface area contributed by atoms with E-state index in [4.69, 9.17) is 4.74 Å². The first-order valence-corrected chi connectivity index (χ1v) is 15.5. The highest BCUT2D eigenvalue weighted by atomic mass is 16.5.